The lowest BCUT2D eigenvalue weighted by molar-refractivity contribution is -0.384. The van der Waals surface area contributed by atoms with Crippen LogP contribution in [0.4, 0.5) is 11.4 Å². The number of halogens is 1. The molecule has 2 rings (SSSR count). The Labute approximate surface area is 108 Å². The van der Waals surface area contributed by atoms with Gasteiger partial charge >= 0.3 is 0 Å². The normalized spacial score (nSPS) is 20.4. The summed E-state index contributed by atoms with van der Waals surface area (Å²) < 4.78 is 0.717. The zero-order chi connectivity index (χ0) is 12.4. The minimum atomic E-state index is -0.347. The molecule has 0 amide bonds. The second-order valence-corrected chi connectivity index (χ2v) is 5.15. The molecule has 1 aliphatic heterocycles. The molecular weight excluding hydrogens is 286 g/mol. The second-order valence-electron chi connectivity index (χ2n) is 4.24. The number of nitro benzene ring substituents is 1. The average molecular weight is 300 g/mol. The SMILES string of the molecule is N[C@@H]1CCCN(c2ccc(Br)cc2[N+](=O)[O-])C1. The number of nitro groups is 1. The summed E-state index contributed by atoms with van der Waals surface area (Å²) >= 11 is 3.25. The Morgan fingerprint density at radius 2 is 2.29 bits per heavy atom. The number of hydrogen-bond donors (Lipinski definition) is 1. The van der Waals surface area contributed by atoms with Crippen molar-refractivity contribution < 1.29 is 4.92 Å². The van der Waals surface area contributed by atoms with Crippen molar-refractivity contribution in [3.8, 4) is 0 Å². The van der Waals surface area contributed by atoms with Crippen molar-refractivity contribution in [1.82, 2.24) is 0 Å². The zero-order valence-electron chi connectivity index (χ0n) is 9.30. The Kier molecular flexibility index (Phi) is 3.63. The number of rotatable bonds is 2. The van der Waals surface area contributed by atoms with Crippen LogP contribution in [0.15, 0.2) is 22.7 Å². The summed E-state index contributed by atoms with van der Waals surface area (Å²) in [5.74, 6) is 0. The fraction of sp³-hybridized carbons (Fsp3) is 0.455. The molecule has 17 heavy (non-hydrogen) atoms. The Balaban J connectivity index is 2.33. The number of hydrogen-bond acceptors (Lipinski definition) is 4. The van der Waals surface area contributed by atoms with Gasteiger partial charge in [-0.3, -0.25) is 10.1 Å². The van der Waals surface area contributed by atoms with Crippen LogP contribution in [0.25, 0.3) is 0 Å². The molecule has 1 saturated heterocycles. The van der Waals surface area contributed by atoms with Crippen LogP contribution in [0.2, 0.25) is 0 Å². The maximum Gasteiger partial charge on any atom is 0.293 e. The smallest absolute Gasteiger partial charge is 0.293 e. The van der Waals surface area contributed by atoms with E-state index in [4.69, 9.17) is 5.73 Å². The molecule has 1 aromatic rings. The molecule has 0 aliphatic carbocycles. The highest BCUT2D eigenvalue weighted by molar-refractivity contribution is 9.10. The first-order valence-electron chi connectivity index (χ1n) is 5.52. The van der Waals surface area contributed by atoms with Gasteiger partial charge in [-0.15, -0.1) is 0 Å². The zero-order valence-corrected chi connectivity index (χ0v) is 10.9. The van der Waals surface area contributed by atoms with Gasteiger partial charge in [0.25, 0.3) is 5.69 Å². The van der Waals surface area contributed by atoms with Crippen LogP contribution in [0.3, 0.4) is 0 Å². The summed E-state index contributed by atoms with van der Waals surface area (Å²) in [7, 11) is 0. The first kappa shape index (κ1) is 12.3. The van der Waals surface area contributed by atoms with E-state index in [-0.39, 0.29) is 16.7 Å². The summed E-state index contributed by atoms with van der Waals surface area (Å²) in [6, 6.07) is 5.24. The molecule has 2 N–H and O–H groups in total. The average Bonchev–Trinajstić information content (AvgIpc) is 2.28. The molecule has 0 saturated carbocycles. The van der Waals surface area contributed by atoms with Crippen molar-refractivity contribution in [3.63, 3.8) is 0 Å². The lowest BCUT2D eigenvalue weighted by Crippen LogP contribution is -2.43. The first-order chi connectivity index (χ1) is 8.08. The molecule has 1 aliphatic rings. The molecule has 1 aromatic carbocycles. The van der Waals surface area contributed by atoms with Crippen LogP contribution in [0, 0.1) is 10.1 Å². The first-order valence-corrected chi connectivity index (χ1v) is 6.31. The number of anilines is 1. The predicted molar refractivity (Wildman–Crippen MR) is 70.2 cm³/mol. The Bertz CT molecular complexity index is 439. The molecule has 0 radical (unpaired) electrons. The van der Waals surface area contributed by atoms with Gasteiger partial charge in [0.15, 0.2) is 0 Å². The number of nitrogens with two attached hydrogens (primary N) is 1. The van der Waals surface area contributed by atoms with E-state index >= 15 is 0 Å². The van der Waals surface area contributed by atoms with Crippen LogP contribution in [-0.2, 0) is 0 Å². The molecule has 0 bridgehead atoms. The van der Waals surface area contributed by atoms with Crippen LogP contribution in [0.5, 0.6) is 0 Å². The van der Waals surface area contributed by atoms with Gasteiger partial charge in [0.2, 0.25) is 0 Å². The summed E-state index contributed by atoms with van der Waals surface area (Å²) in [5.41, 5.74) is 6.69. The van der Waals surface area contributed by atoms with E-state index < -0.39 is 0 Å². The minimum Gasteiger partial charge on any atom is -0.364 e. The van der Waals surface area contributed by atoms with Gasteiger partial charge in [0.05, 0.1) is 4.92 Å². The molecule has 92 valence electrons. The lowest BCUT2D eigenvalue weighted by atomic mass is 10.1. The van der Waals surface area contributed by atoms with Crippen molar-refractivity contribution in [2.75, 3.05) is 18.0 Å². The van der Waals surface area contributed by atoms with Gasteiger partial charge in [0, 0.05) is 29.7 Å². The van der Waals surface area contributed by atoms with Gasteiger partial charge in [-0.1, -0.05) is 15.9 Å². The van der Waals surface area contributed by atoms with Crippen molar-refractivity contribution in [3.05, 3.63) is 32.8 Å². The molecule has 1 fully saturated rings. The maximum atomic E-state index is 11.0. The highest BCUT2D eigenvalue weighted by Gasteiger charge is 2.23. The largest absolute Gasteiger partial charge is 0.364 e. The minimum absolute atomic E-state index is 0.104. The molecule has 0 spiro atoms. The molecule has 5 nitrogen and oxygen atoms in total. The summed E-state index contributed by atoms with van der Waals surface area (Å²) in [6.45, 7) is 1.51. The standard InChI is InChI=1S/C11H14BrN3O2/c12-8-3-4-10(11(6-8)15(16)17)14-5-1-2-9(13)7-14/h3-4,6,9H,1-2,5,7,13H2/t9-/m1/s1. The maximum absolute atomic E-state index is 11.0. The lowest BCUT2D eigenvalue weighted by Gasteiger charge is -2.32. The van der Waals surface area contributed by atoms with Crippen LogP contribution in [-0.4, -0.2) is 24.1 Å². The molecule has 1 atom stereocenters. The molecule has 0 aromatic heterocycles. The molecule has 0 unspecified atom stereocenters. The van der Waals surface area contributed by atoms with Crippen molar-refractivity contribution in [1.29, 1.82) is 0 Å². The highest BCUT2D eigenvalue weighted by Crippen LogP contribution is 2.32. The second kappa shape index (κ2) is 5.01. The van der Waals surface area contributed by atoms with Crippen molar-refractivity contribution >= 4 is 27.3 Å². The van der Waals surface area contributed by atoms with Crippen LogP contribution in [0.1, 0.15) is 12.8 Å². The van der Waals surface area contributed by atoms with Gasteiger partial charge in [-0.05, 0) is 25.0 Å². The highest BCUT2D eigenvalue weighted by atomic mass is 79.9. The van der Waals surface area contributed by atoms with E-state index in [1.807, 2.05) is 11.0 Å². The third-order valence-corrected chi connectivity index (χ3v) is 3.43. The summed E-state index contributed by atoms with van der Waals surface area (Å²) in [4.78, 5) is 12.7. The third kappa shape index (κ3) is 2.76. The number of benzene rings is 1. The topological polar surface area (TPSA) is 72.4 Å². The van der Waals surface area contributed by atoms with Crippen LogP contribution >= 0.6 is 15.9 Å². The molecule has 1 heterocycles. The number of nitrogens with zero attached hydrogens (tertiary/aromatic N) is 2. The monoisotopic (exact) mass is 299 g/mol. The fourth-order valence-corrected chi connectivity index (χ4v) is 2.49. The van der Waals surface area contributed by atoms with Gasteiger partial charge < -0.3 is 10.6 Å². The summed E-state index contributed by atoms with van der Waals surface area (Å²) in [6.07, 6.45) is 1.97. The van der Waals surface area contributed by atoms with Crippen molar-refractivity contribution in [2.45, 2.75) is 18.9 Å². The predicted octanol–water partition coefficient (Wildman–Crippen LogP) is 2.28. The van der Waals surface area contributed by atoms with E-state index in [0.29, 0.717) is 16.7 Å². The van der Waals surface area contributed by atoms with E-state index in [1.54, 1.807) is 6.07 Å². The van der Waals surface area contributed by atoms with E-state index in [1.165, 1.54) is 6.07 Å². The van der Waals surface area contributed by atoms with Crippen molar-refractivity contribution in [2.24, 2.45) is 5.73 Å². The Hall–Kier alpha value is -1.14. The summed E-state index contributed by atoms with van der Waals surface area (Å²) in [5, 5.41) is 11.0. The van der Waals surface area contributed by atoms with Gasteiger partial charge in [0.1, 0.15) is 5.69 Å². The van der Waals surface area contributed by atoms with E-state index in [0.717, 1.165) is 19.4 Å². The van der Waals surface area contributed by atoms with E-state index in [9.17, 15) is 10.1 Å². The van der Waals surface area contributed by atoms with Gasteiger partial charge in [-0.2, -0.15) is 0 Å². The van der Waals surface area contributed by atoms with Gasteiger partial charge in [-0.25, -0.2) is 0 Å². The third-order valence-electron chi connectivity index (χ3n) is 2.93. The Morgan fingerprint density at radius 3 is 2.94 bits per heavy atom. The Morgan fingerprint density at radius 1 is 1.53 bits per heavy atom. The fourth-order valence-electron chi connectivity index (χ4n) is 2.14. The van der Waals surface area contributed by atoms with E-state index in [2.05, 4.69) is 15.9 Å². The number of piperidine rings is 1. The molecular formula is C11H14BrN3O2. The molecule has 6 heteroatoms. The van der Waals surface area contributed by atoms with Crippen LogP contribution < -0.4 is 10.6 Å². The quantitative estimate of drug-likeness (QED) is 0.672.